The maximum atomic E-state index is 14.0. The molecule has 1 aliphatic heterocycles. The minimum Gasteiger partial charge on any atom is -0.494 e. The van der Waals surface area contributed by atoms with E-state index in [4.69, 9.17) is 10.00 Å². The van der Waals surface area contributed by atoms with Crippen molar-refractivity contribution in [2.24, 2.45) is 0 Å². The van der Waals surface area contributed by atoms with E-state index in [9.17, 15) is 4.39 Å². The number of ether oxygens (including phenoxy) is 1. The van der Waals surface area contributed by atoms with Crippen LogP contribution in [-0.2, 0) is 0 Å². The number of rotatable bonds is 4. The quantitative estimate of drug-likeness (QED) is 0.833. The summed E-state index contributed by atoms with van der Waals surface area (Å²) < 4.78 is 19.5. The molecule has 0 N–H and O–H groups in total. The minimum atomic E-state index is -0.242. The van der Waals surface area contributed by atoms with Crippen LogP contribution >= 0.6 is 0 Å². The Hall–Kier alpha value is -1.76. The third-order valence-electron chi connectivity index (χ3n) is 3.49. The van der Waals surface area contributed by atoms with Crippen molar-refractivity contribution in [2.45, 2.75) is 38.6 Å². The molecule has 1 aliphatic rings. The van der Waals surface area contributed by atoms with E-state index >= 15 is 0 Å². The lowest BCUT2D eigenvalue weighted by molar-refractivity contribution is 0.339. The van der Waals surface area contributed by atoms with Crippen LogP contribution in [0.4, 0.5) is 10.1 Å². The third kappa shape index (κ3) is 3.17. The fourth-order valence-corrected chi connectivity index (χ4v) is 2.60. The van der Waals surface area contributed by atoms with E-state index in [1.807, 2.05) is 11.8 Å². The number of halogens is 1. The van der Waals surface area contributed by atoms with Gasteiger partial charge >= 0.3 is 0 Å². The number of benzene rings is 1. The van der Waals surface area contributed by atoms with Crippen molar-refractivity contribution in [1.82, 2.24) is 0 Å². The van der Waals surface area contributed by atoms with Gasteiger partial charge in [-0.2, -0.15) is 5.26 Å². The second kappa shape index (κ2) is 6.42. The van der Waals surface area contributed by atoms with Crippen LogP contribution in [0.2, 0.25) is 0 Å². The van der Waals surface area contributed by atoms with Crippen LogP contribution in [0.5, 0.6) is 5.75 Å². The molecule has 19 heavy (non-hydrogen) atoms. The molecule has 0 aromatic heterocycles. The molecular formula is C15H19FN2O. The molecule has 1 atom stereocenters. The monoisotopic (exact) mass is 262 g/mol. The zero-order valence-corrected chi connectivity index (χ0v) is 11.2. The lowest BCUT2D eigenvalue weighted by atomic mass is 9.99. The molecule has 1 fully saturated rings. The number of nitrogens with zero attached hydrogens (tertiary/aromatic N) is 2. The maximum Gasteiger partial charge on any atom is 0.146 e. The van der Waals surface area contributed by atoms with Crippen molar-refractivity contribution in [3.8, 4) is 11.8 Å². The Bertz CT molecular complexity index is 470. The molecule has 1 heterocycles. The Labute approximate surface area is 113 Å². The molecule has 1 saturated heterocycles. The zero-order chi connectivity index (χ0) is 13.7. The number of anilines is 1. The summed E-state index contributed by atoms with van der Waals surface area (Å²) >= 11 is 0. The number of piperidine rings is 1. The van der Waals surface area contributed by atoms with Crippen LogP contribution in [0.15, 0.2) is 18.2 Å². The molecule has 4 heteroatoms. The Kier molecular flexibility index (Phi) is 4.62. The van der Waals surface area contributed by atoms with E-state index in [0.717, 1.165) is 25.8 Å². The highest BCUT2D eigenvalue weighted by molar-refractivity contribution is 5.53. The van der Waals surface area contributed by atoms with E-state index in [-0.39, 0.29) is 11.9 Å². The second-order valence-electron chi connectivity index (χ2n) is 4.75. The van der Waals surface area contributed by atoms with Crippen LogP contribution < -0.4 is 9.64 Å². The molecule has 0 spiro atoms. The normalized spacial score (nSPS) is 19.0. The Morgan fingerprint density at radius 3 is 3.05 bits per heavy atom. The summed E-state index contributed by atoms with van der Waals surface area (Å²) in [5, 5.41) is 8.90. The van der Waals surface area contributed by atoms with Gasteiger partial charge in [0.15, 0.2) is 0 Å². The van der Waals surface area contributed by atoms with Gasteiger partial charge in [-0.3, -0.25) is 0 Å². The lowest BCUT2D eigenvalue weighted by Gasteiger charge is -2.36. The van der Waals surface area contributed by atoms with E-state index in [2.05, 4.69) is 6.07 Å². The molecule has 0 radical (unpaired) electrons. The molecule has 0 aliphatic carbocycles. The first-order valence-corrected chi connectivity index (χ1v) is 6.82. The van der Waals surface area contributed by atoms with E-state index in [1.165, 1.54) is 6.07 Å². The standard InChI is InChI=1S/C15H19FN2O/c1-2-19-13-6-7-14(16)15(11-13)18-10-4-3-5-12(18)8-9-17/h6-7,11-12H,2-5,8,10H2,1H3. The fraction of sp³-hybridized carbons (Fsp3) is 0.533. The molecular weight excluding hydrogens is 243 g/mol. The number of hydrogen-bond donors (Lipinski definition) is 0. The smallest absolute Gasteiger partial charge is 0.146 e. The van der Waals surface area contributed by atoms with E-state index in [0.29, 0.717) is 24.5 Å². The largest absolute Gasteiger partial charge is 0.494 e. The number of nitriles is 1. The van der Waals surface area contributed by atoms with Gasteiger partial charge in [0.25, 0.3) is 0 Å². The van der Waals surface area contributed by atoms with Gasteiger partial charge in [-0.1, -0.05) is 0 Å². The summed E-state index contributed by atoms with van der Waals surface area (Å²) in [7, 11) is 0. The van der Waals surface area contributed by atoms with Crippen LogP contribution in [-0.4, -0.2) is 19.2 Å². The summed E-state index contributed by atoms with van der Waals surface area (Å²) in [5.41, 5.74) is 0.561. The van der Waals surface area contributed by atoms with Gasteiger partial charge < -0.3 is 9.64 Å². The first kappa shape index (κ1) is 13.7. The fourth-order valence-electron chi connectivity index (χ4n) is 2.60. The predicted octanol–water partition coefficient (Wildman–Crippen LogP) is 3.50. The van der Waals surface area contributed by atoms with Crippen molar-refractivity contribution in [3.05, 3.63) is 24.0 Å². The molecule has 0 amide bonds. The maximum absolute atomic E-state index is 14.0. The van der Waals surface area contributed by atoms with Crippen LogP contribution in [0, 0.1) is 17.1 Å². The average Bonchev–Trinajstić information content (AvgIpc) is 2.42. The van der Waals surface area contributed by atoms with Gasteiger partial charge in [-0.15, -0.1) is 0 Å². The molecule has 0 bridgehead atoms. The van der Waals surface area contributed by atoms with Crippen molar-refractivity contribution >= 4 is 5.69 Å². The highest BCUT2D eigenvalue weighted by Crippen LogP contribution is 2.31. The van der Waals surface area contributed by atoms with Crippen LogP contribution in [0.1, 0.15) is 32.6 Å². The van der Waals surface area contributed by atoms with Crippen LogP contribution in [0.3, 0.4) is 0 Å². The Morgan fingerprint density at radius 1 is 1.47 bits per heavy atom. The van der Waals surface area contributed by atoms with E-state index < -0.39 is 0 Å². The lowest BCUT2D eigenvalue weighted by Crippen LogP contribution is -2.39. The average molecular weight is 262 g/mol. The minimum absolute atomic E-state index is 0.116. The first-order valence-electron chi connectivity index (χ1n) is 6.82. The van der Waals surface area contributed by atoms with E-state index in [1.54, 1.807) is 12.1 Å². The first-order chi connectivity index (χ1) is 9.26. The molecule has 0 saturated carbocycles. The van der Waals surface area contributed by atoms with Gasteiger partial charge in [0, 0.05) is 18.7 Å². The van der Waals surface area contributed by atoms with Gasteiger partial charge in [0.1, 0.15) is 11.6 Å². The Morgan fingerprint density at radius 2 is 2.32 bits per heavy atom. The molecule has 1 aromatic rings. The summed E-state index contributed by atoms with van der Waals surface area (Å²) in [4.78, 5) is 2.02. The molecule has 3 nitrogen and oxygen atoms in total. The molecule has 102 valence electrons. The van der Waals surface area contributed by atoms with Gasteiger partial charge in [-0.25, -0.2) is 4.39 Å². The van der Waals surface area contributed by atoms with Crippen molar-refractivity contribution in [1.29, 1.82) is 5.26 Å². The molecule has 1 unspecified atom stereocenters. The van der Waals surface area contributed by atoms with Crippen molar-refractivity contribution < 1.29 is 9.13 Å². The highest BCUT2D eigenvalue weighted by Gasteiger charge is 2.24. The van der Waals surface area contributed by atoms with Gasteiger partial charge in [-0.05, 0) is 38.3 Å². The second-order valence-corrected chi connectivity index (χ2v) is 4.75. The summed E-state index contributed by atoms with van der Waals surface area (Å²) in [6.45, 7) is 3.27. The molecule has 2 rings (SSSR count). The number of hydrogen-bond acceptors (Lipinski definition) is 3. The van der Waals surface area contributed by atoms with Gasteiger partial charge in [0.05, 0.1) is 24.8 Å². The summed E-state index contributed by atoms with van der Waals surface area (Å²) in [6.07, 6.45) is 3.54. The highest BCUT2D eigenvalue weighted by atomic mass is 19.1. The topological polar surface area (TPSA) is 36.3 Å². The van der Waals surface area contributed by atoms with Crippen molar-refractivity contribution in [3.63, 3.8) is 0 Å². The summed E-state index contributed by atoms with van der Waals surface area (Å²) in [6, 6.07) is 7.15. The Balaban J connectivity index is 2.27. The predicted molar refractivity (Wildman–Crippen MR) is 72.8 cm³/mol. The third-order valence-corrected chi connectivity index (χ3v) is 3.49. The molecule has 1 aromatic carbocycles. The van der Waals surface area contributed by atoms with Crippen LogP contribution in [0.25, 0.3) is 0 Å². The van der Waals surface area contributed by atoms with Gasteiger partial charge in [0.2, 0.25) is 0 Å². The zero-order valence-electron chi connectivity index (χ0n) is 11.2. The van der Waals surface area contributed by atoms with Crippen molar-refractivity contribution in [2.75, 3.05) is 18.1 Å². The SMILES string of the molecule is CCOc1ccc(F)c(N2CCCCC2CC#N)c1. The summed E-state index contributed by atoms with van der Waals surface area (Å²) in [5.74, 6) is 0.438.